The van der Waals surface area contributed by atoms with E-state index in [1.807, 2.05) is 0 Å². The summed E-state index contributed by atoms with van der Waals surface area (Å²) in [5, 5.41) is 5.17. The summed E-state index contributed by atoms with van der Waals surface area (Å²) in [5.74, 6) is 0. The van der Waals surface area contributed by atoms with E-state index in [9.17, 15) is 0 Å². The molecule has 49 heavy (non-hydrogen) atoms. The van der Waals surface area contributed by atoms with Crippen molar-refractivity contribution in [3.05, 3.63) is 169 Å². The minimum atomic E-state index is 1.03. The fraction of sp³-hybridized carbons (Fsp3) is 0.0435. The van der Waals surface area contributed by atoms with Crippen LogP contribution in [0.5, 0.6) is 0 Å². The second kappa shape index (κ2) is 12.6. The van der Waals surface area contributed by atoms with E-state index in [-0.39, 0.29) is 0 Å². The summed E-state index contributed by atoms with van der Waals surface area (Å²) in [6, 6.07) is 56.6. The van der Waals surface area contributed by atoms with Crippen LogP contribution in [0.15, 0.2) is 163 Å². The van der Waals surface area contributed by atoms with Crippen molar-refractivity contribution in [1.29, 1.82) is 0 Å². The highest BCUT2D eigenvalue weighted by molar-refractivity contribution is 7.80. The molecule has 0 N–H and O–H groups in total. The fourth-order valence-corrected chi connectivity index (χ4v) is 7.78. The van der Waals surface area contributed by atoms with Gasteiger partial charge in [-0.05, 0) is 94.4 Å². The lowest BCUT2D eigenvalue weighted by Crippen LogP contribution is -1.92. The van der Waals surface area contributed by atoms with Gasteiger partial charge in [-0.3, -0.25) is 0 Å². The topological polar surface area (TPSA) is 9.86 Å². The molecule has 0 radical (unpaired) electrons. The number of fused-ring (bicyclic) bond motifs is 9. The quantitative estimate of drug-likeness (QED) is 0.141. The zero-order valence-corrected chi connectivity index (χ0v) is 28.1. The number of rotatable bonds is 2. The van der Waals surface area contributed by atoms with Crippen LogP contribution in [-0.2, 0) is 13.5 Å². The molecule has 0 atom stereocenters. The van der Waals surface area contributed by atoms with Crippen LogP contribution < -0.4 is 0 Å². The molecule has 0 saturated carbocycles. The molecule has 2 aromatic heterocycles. The molecule has 2 heterocycles. The lowest BCUT2D eigenvalue weighted by molar-refractivity contribution is 1.01. The maximum atomic E-state index is 4.49. The number of terminal acetylenes is 1. The number of hydrogen-bond donors (Lipinski definition) is 1. The number of aryl methyl sites for hydroxylation is 1. The van der Waals surface area contributed by atoms with Crippen LogP contribution in [0.4, 0.5) is 0 Å². The van der Waals surface area contributed by atoms with Gasteiger partial charge in [-0.1, -0.05) is 103 Å². The van der Waals surface area contributed by atoms with Gasteiger partial charge in [0.05, 0.1) is 11.0 Å². The molecule has 0 amide bonds. The Morgan fingerprint density at radius 3 is 1.78 bits per heavy atom. The molecule has 0 aliphatic heterocycles. The Morgan fingerprint density at radius 1 is 0.490 bits per heavy atom. The summed E-state index contributed by atoms with van der Waals surface area (Å²) in [6.07, 6.45) is 9.03. The summed E-state index contributed by atoms with van der Waals surface area (Å²) in [4.78, 5) is 1.11. The van der Waals surface area contributed by atoms with Crippen LogP contribution in [0.2, 0.25) is 0 Å². The van der Waals surface area contributed by atoms with Gasteiger partial charge in [0.15, 0.2) is 0 Å². The average Bonchev–Trinajstić information content (AvgIpc) is 3.81. The van der Waals surface area contributed by atoms with Crippen LogP contribution in [0.3, 0.4) is 0 Å². The molecule has 3 heteroatoms. The van der Waals surface area contributed by atoms with E-state index in [0.717, 1.165) is 11.3 Å². The third kappa shape index (κ3) is 5.10. The van der Waals surface area contributed by atoms with Crippen molar-refractivity contribution >= 4 is 56.2 Å². The molecule has 10 rings (SSSR count). The first-order valence-corrected chi connectivity index (χ1v) is 16.9. The Balaban J connectivity index is 0.000000181. The third-order valence-electron chi connectivity index (χ3n) is 9.76. The lowest BCUT2D eigenvalue weighted by atomic mass is 10.0. The zero-order chi connectivity index (χ0) is 33.5. The fourth-order valence-electron chi connectivity index (χ4n) is 7.50. The molecule has 1 aliphatic rings. The van der Waals surface area contributed by atoms with Crippen molar-refractivity contribution in [3.63, 3.8) is 0 Å². The molecule has 2 nitrogen and oxygen atoms in total. The molecule has 0 unspecified atom stereocenters. The minimum Gasteiger partial charge on any atom is -0.344 e. The number of thiol groups is 1. The molecule has 0 saturated heterocycles. The van der Waals surface area contributed by atoms with Crippen LogP contribution in [0, 0.1) is 12.8 Å². The van der Waals surface area contributed by atoms with Gasteiger partial charge in [-0.15, -0.1) is 25.5 Å². The first kappa shape index (κ1) is 30.4. The van der Waals surface area contributed by atoms with E-state index in [2.05, 4.69) is 199 Å². The predicted octanol–water partition coefficient (Wildman–Crippen LogP) is 11.9. The Kier molecular flexibility index (Phi) is 7.80. The van der Waals surface area contributed by atoms with Gasteiger partial charge in [-0.25, -0.2) is 0 Å². The van der Waals surface area contributed by atoms with Gasteiger partial charge < -0.3 is 9.13 Å². The van der Waals surface area contributed by atoms with E-state index in [1.165, 1.54) is 82.7 Å². The molecule has 1 aliphatic carbocycles. The van der Waals surface area contributed by atoms with Crippen molar-refractivity contribution < 1.29 is 0 Å². The van der Waals surface area contributed by atoms with Gasteiger partial charge in [0.2, 0.25) is 0 Å². The van der Waals surface area contributed by atoms with Crippen LogP contribution >= 0.6 is 12.6 Å². The van der Waals surface area contributed by atoms with Crippen LogP contribution in [0.25, 0.3) is 71.6 Å². The lowest BCUT2D eigenvalue weighted by Gasteiger charge is -2.08. The molecular weight excluding hydrogens is 613 g/mol. The molecular formula is C46H34N2S. The minimum absolute atomic E-state index is 1.03. The van der Waals surface area contributed by atoms with E-state index < -0.39 is 0 Å². The van der Waals surface area contributed by atoms with Crippen molar-refractivity contribution in [2.24, 2.45) is 7.05 Å². The monoisotopic (exact) mass is 646 g/mol. The van der Waals surface area contributed by atoms with E-state index in [1.54, 1.807) is 0 Å². The number of hydrogen-bond acceptors (Lipinski definition) is 1. The molecule has 0 spiro atoms. The van der Waals surface area contributed by atoms with Crippen molar-refractivity contribution in [2.45, 2.75) is 11.3 Å². The molecule has 9 aromatic rings. The predicted molar refractivity (Wildman–Crippen MR) is 212 cm³/mol. The summed E-state index contributed by atoms with van der Waals surface area (Å²) >= 11 is 4.49. The highest BCUT2D eigenvalue weighted by Gasteiger charge is 2.19. The number of para-hydroxylation sites is 3. The first-order chi connectivity index (χ1) is 24.2. The van der Waals surface area contributed by atoms with Crippen molar-refractivity contribution in [2.75, 3.05) is 0 Å². The maximum Gasteiger partial charge on any atom is 0.0541 e. The third-order valence-corrected chi connectivity index (χ3v) is 10.2. The Bertz CT molecular complexity index is 2670. The molecule has 7 aromatic carbocycles. The number of aromatic nitrogens is 2. The number of benzene rings is 7. The van der Waals surface area contributed by atoms with E-state index in [0.29, 0.717) is 0 Å². The van der Waals surface area contributed by atoms with Gasteiger partial charge in [0.1, 0.15) is 0 Å². The summed E-state index contributed by atoms with van der Waals surface area (Å²) in [7, 11) is 2.15. The van der Waals surface area contributed by atoms with E-state index >= 15 is 0 Å². The zero-order valence-electron chi connectivity index (χ0n) is 27.2. The first-order valence-electron chi connectivity index (χ1n) is 16.4. The average molecular weight is 647 g/mol. The Hall–Kier alpha value is -5.95. The second-order valence-corrected chi connectivity index (χ2v) is 12.8. The summed E-state index contributed by atoms with van der Waals surface area (Å²) in [6.45, 7) is 0. The standard InChI is InChI=1S/C31H22N2.C13H10S.C2H2/c1-32-28-13-7-5-11-24(28)26-19-21(15-17-29(26)32)22-16-18-31-27(20-22)25-12-6-8-14-30(25)33(31)23-9-3-2-4-10-23;14-13-7-3-6-11-10-5-2-1-4-9(10)8-12(11)13;1-2/h2-20H,1H3;1-7,14H,8H2;1-2H. The highest BCUT2D eigenvalue weighted by atomic mass is 32.1. The van der Waals surface area contributed by atoms with Crippen LogP contribution in [-0.4, -0.2) is 9.13 Å². The summed E-state index contributed by atoms with van der Waals surface area (Å²) < 4.78 is 4.65. The Morgan fingerprint density at radius 2 is 1.02 bits per heavy atom. The smallest absolute Gasteiger partial charge is 0.0541 e. The maximum absolute atomic E-state index is 4.49. The second-order valence-electron chi connectivity index (χ2n) is 12.4. The van der Waals surface area contributed by atoms with Gasteiger partial charge in [0, 0.05) is 50.2 Å². The number of nitrogens with zero attached hydrogens (tertiary/aromatic N) is 2. The van der Waals surface area contributed by atoms with Gasteiger partial charge in [0.25, 0.3) is 0 Å². The van der Waals surface area contributed by atoms with Crippen LogP contribution in [0.1, 0.15) is 11.1 Å². The van der Waals surface area contributed by atoms with Gasteiger partial charge in [-0.2, -0.15) is 0 Å². The molecule has 0 fully saturated rings. The molecule has 0 bridgehead atoms. The van der Waals surface area contributed by atoms with E-state index in [4.69, 9.17) is 0 Å². The normalized spacial score (nSPS) is 11.5. The van der Waals surface area contributed by atoms with Gasteiger partial charge >= 0.3 is 0 Å². The molecule has 234 valence electrons. The van der Waals surface area contributed by atoms with Crippen molar-refractivity contribution in [1.82, 2.24) is 9.13 Å². The SMILES string of the molecule is C#C.Cn1c2ccccc2c2cc(-c3ccc4c(c3)c3ccccc3n4-c3ccccc3)ccc21.Sc1cccc2c1Cc1ccccc1-2. The summed E-state index contributed by atoms with van der Waals surface area (Å²) in [5.41, 5.74) is 14.2. The highest BCUT2D eigenvalue weighted by Crippen LogP contribution is 2.39. The Labute approximate surface area is 292 Å². The largest absolute Gasteiger partial charge is 0.344 e. The van der Waals surface area contributed by atoms with Crippen molar-refractivity contribution in [3.8, 4) is 40.8 Å².